The van der Waals surface area contributed by atoms with Gasteiger partial charge in [0.05, 0.1) is 11.0 Å². The maximum Gasteiger partial charge on any atom is 0.230 e. The fourth-order valence-corrected chi connectivity index (χ4v) is 2.86. The van der Waals surface area contributed by atoms with Gasteiger partial charge in [-0.05, 0) is 36.6 Å². The SMILES string of the molecule is C=CCc1cccc(/C=N/c2nc3ccccc3n2CCCC)c1O. The minimum Gasteiger partial charge on any atom is -0.507 e. The topological polar surface area (TPSA) is 50.4 Å². The Morgan fingerprint density at radius 1 is 1.20 bits per heavy atom. The third-order valence-corrected chi connectivity index (χ3v) is 4.20. The lowest BCUT2D eigenvalue weighted by Gasteiger charge is -2.06. The van der Waals surface area contributed by atoms with E-state index in [1.165, 1.54) is 0 Å². The largest absolute Gasteiger partial charge is 0.507 e. The molecule has 0 bridgehead atoms. The highest BCUT2D eigenvalue weighted by molar-refractivity contribution is 5.86. The molecule has 2 aromatic carbocycles. The smallest absolute Gasteiger partial charge is 0.230 e. The lowest BCUT2D eigenvalue weighted by molar-refractivity contribution is 0.469. The zero-order valence-electron chi connectivity index (χ0n) is 14.5. The van der Waals surface area contributed by atoms with E-state index in [0.29, 0.717) is 17.9 Å². The summed E-state index contributed by atoms with van der Waals surface area (Å²) in [6.45, 7) is 6.78. The summed E-state index contributed by atoms with van der Waals surface area (Å²) in [6, 6.07) is 13.7. The lowest BCUT2D eigenvalue weighted by Crippen LogP contribution is -1.97. The number of fused-ring (bicyclic) bond motifs is 1. The van der Waals surface area contributed by atoms with Crippen molar-refractivity contribution in [3.05, 3.63) is 66.2 Å². The van der Waals surface area contributed by atoms with Crippen molar-refractivity contribution >= 4 is 23.2 Å². The fourth-order valence-electron chi connectivity index (χ4n) is 2.86. The number of phenols is 1. The summed E-state index contributed by atoms with van der Waals surface area (Å²) in [5.74, 6) is 0.922. The molecule has 0 aliphatic heterocycles. The quantitative estimate of drug-likeness (QED) is 0.487. The Balaban J connectivity index is 1.98. The molecule has 0 atom stereocenters. The van der Waals surface area contributed by atoms with Gasteiger partial charge in [-0.2, -0.15) is 0 Å². The number of phenolic OH excluding ortho intramolecular Hbond substituents is 1. The zero-order chi connectivity index (χ0) is 17.6. The van der Waals surface area contributed by atoms with Gasteiger partial charge in [-0.25, -0.2) is 9.98 Å². The molecular weight excluding hydrogens is 310 g/mol. The monoisotopic (exact) mass is 333 g/mol. The average Bonchev–Trinajstić information content (AvgIpc) is 2.98. The third kappa shape index (κ3) is 3.63. The molecule has 0 saturated heterocycles. The lowest BCUT2D eigenvalue weighted by atomic mass is 10.1. The van der Waals surface area contributed by atoms with E-state index < -0.39 is 0 Å². The molecule has 1 N–H and O–H groups in total. The van der Waals surface area contributed by atoms with Gasteiger partial charge in [0.1, 0.15) is 5.75 Å². The fraction of sp³-hybridized carbons (Fsp3) is 0.238. The highest BCUT2D eigenvalue weighted by Crippen LogP contribution is 2.25. The molecule has 128 valence electrons. The Morgan fingerprint density at radius 3 is 2.84 bits per heavy atom. The summed E-state index contributed by atoms with van der Waals surface area (Å²) < 4.78 is 2.14. The van der Waals surface area contributed by atoms with Gasteiger partial charge in [-0.15, -0.1) is 6.58 Å². The molecule has 0 saturated carbocycles. The number of para-hydroxylation sites is 3. The zero-order valence-corrected chi connectivity index (χ0v) is 14.5. The van der Waals surface area contributed by atoms with Crippen LogP contribution in [-0.2, 0) is 13.0 Å². The first-order valence-electron chi connectivity index (χ1n) is 8.65. The van der Waals surface area contributed by atoms with E-state index in [4.69, 9.17) is 0 Å². The molecular formula is C21H23N3O. The Bertz CT molecular complexity index is 909. The number of aromatic hydroxyl groups is 1. The standard InChI is InChI=1S/C21H23N3O/c1-3-5-14-24-19-13-7-6-12-18(19)23-21(24)22-15-17-11-8-10-16(9-4-2)20(17)25/h4,6-8,10-13,15,25H,2-3,5,9,14H2,1H3/b22-15+. The molecule has 0 aliphatic carbocycles. The van der Waals surface area contributed by atoms with Crippen LogP contribution in [0.4, 0.5) is 5.95 Å². The molecule has 25 heavy (non-hydrogen) atoms. The van der Waals surface area contributed by atoms with Gasteiger partial charge in [0.25, 0.3) is 0 Å². The molecule has 1 aromatic heterocycles. The first kappa shape index (κ1) is 17.0. The number of allylic oxidation sites excluding steroid dienone is 1. The second-order valence-electron chi connectivity index (χ2n) is 6.01. The second kappa shape index (κ2) is 7.79. The van der Waals surface area contributed by atoms with Crippen LogP contribution in [0, 0.1) is 0 Å². The number of aliphatic imine (C=N–C) groups is 1. The Labute approximate surface area is 148 Å². The Morgan fingerprint density at radius 2 is 2.04 bits per heavy atom. The van der Waals surface area contributed by atoms with Gasteiger partial charge in [0.2, 0.25) is 5.95 Å². The number of benzene rings is 2. The molecule has 1 heterocycles. The van der Waals surface area contributed by atoms with Gasteiger partial charge in [-0.3, -0.25) is 0 Å². The van der Waals surface area contributed by atoms with Crippen molar-refractivity contribution in [1.29, 1.82) is 0 Å². The van der Waals surface area contributed by atoms with E-state index in [1.54, 1.807) is 12.3 Å². The number of imidazole rings is 1. The number of hydrogen-bond donors (Lipinski definition) is 1. The summed E-state index contributed by atoms with van der Waals surface area (Å²) in [6.07, 6.45) is 6.28. The molecule has 0 fully saturated rings. The highest BCUT2D eigenvalue weighted by atomic mass is 16.3. The number of nitrogens with zero attached hydrogens (tertiary/aromatic N) is 3. The third-order valence-electron chi connectivity index (χ3n) is 4.20. The van der Waals surface area contributed by atoms with Gasteiger partial charge in [0.15, 0.2) is 0 Å². The van der Waals surface area contributed by atoms with Crippen LogP contribution in [0.1, 0.15) is 30.9 Å². The first-order valence-corrected chi connectivity index (χ1v) is 8.65. The Hall–Kier alpha value is -2.88. The van der Waals surface area contributed by atoms with Crippen LogP contribution in [-0.4, -0.2) is 20.9 Å². The van der Waals surface area contributed by atoms with Crippen molar-refractivity contribution in [3.63, 3.8) is 0 Å². The van der Waals surface area contributed by atoms with Crippen LogP contribution in [0.2, 0.25) is 0 Å². The number of rotatable bonds is 7. The molecule has 4 nitrogen and oxygen atoms in total. The van der Waals surface area contributed by atoms with Crippen molar-refractivity contribution in [2.45, 2.75) is 32.7 Å². The van der Waals surface area contributed by atoms with Gasteiger partial charge in [0, 0.05) is 18.3 Å². The van der Waals surface area contributed by atoms with Crippen LogP contribution < -0.4 is 0 Å². The molecule has 0 amide bonds. The Kier molecular flexibility index (Phi) is 5.29. The summed E-state index contributed by atoms with van der Waals surface area (Å²) in [5.41, 5.74) is 3.56. The van der Waals surface area contributed by atoms with E-state index in [9.17, 15) is 5.11 Å². The maximum atomic E-state index is 10.4. The predicted molar refractivity (Wildman–Crippen MR) is 104 cm³/mol. The van der Waals surface area contributed by atoms with E-state index in [0.717, 1.165) is 36.0 Å². The maximum absolute atomic E-state index is 10.4. The molecule has 3 aromatic rings. The average molecular weight is 333 g/mol. The predicted octanol–water partition coefficient (Wildman–Crippen LogP) is 5.02. The van der Waals surface area contributed by atoms with Crippen molar-refractivity contribution in [2.75, 3.05) is 0 Å². The first-order chi connectivity index (χ1) is 12.2. The van der Waals surface area contributed by atoms with E-state index >= 15 is 0 Å². The molecule has 3 rings (SSSR count). The van der Waals surface area contributed by atoms with Crippen LogP contribution in [0.5, 0.6) is 5.75 Å². The second-order valence-corrected chi connectivity index (χ2v) is 6.01. The van der Waals surface area contributed by atoms with Crippen LogP contribution in [0.15, 0.2) is 60.1 Å². The van der Waals surface area contributed by atoms with Crippen molar-refractivity contribution < 1.29 is 5.11 Å². The molecule has 0 aliphatic rings. The number of aromatic nitrogens is 2. The molecule has 0 unspecified atom stereocenters. The van der Waals surface area contributed by atoms with Crippen LogP contribution in [0.25, 0.3) is 11.0 Å². The normalized spacial score (nSPS) is 11.4. The number of hydrogen-bond acceptors (Lipinski definition) is 3. The molecule has 4 heteroatoms. The van der Waals surface area contributed by atoms with E-state index in [2.05, 4.69) is 34.1 Å². The summed E-state index contributed by atoms with van der Waals surface area (Å²) in [4.78, 5) is 9.21. The molecule has 0 spiro atoms. The summed E-state index contributed by atoms with van der Waals surface area (Å²) in [7, 11) is 0. The highest BCUT2D eigenvalue weighted by Gasteiger charge is 2.09. The van der Waals surface area contributed by atoms with Gasteiger partial charge < -0.3 is 9.67 Å². The minimum absolute atomic E-state index is 0.252. The van der Waals surface area contributed by atoms with E-state index in [1.807, 2.05) is 36.4 Å². The van der Waals surface area contributed by atoms with Crippen LogP contribution in [0.3, 0.4) is 0 Å². The van der Waals surface area contributed by atoms with Crippen molar-refractivity contribution in [3.8, 4) is 5.75 Å². The molecule has 0 radical (unpaired) electrons. The summed E-state index contributed by atoms with van der Waals surface area (Å²) in [5, 5.41) is 10.4. The minimum atomic E-state index is 0.252. The summed E-state index contributed by atoms with van der Waals surface area (Å²) >= 11 is 0. The van der Waals surface area contributed by atoms with Crippen LogP contribution >= 0.6 is 0 Å². The van der Waals surface area contributed by atoms with Gasteiger partial charge in [-0.1, -0.05) is 43.7 Å². The van der Waals surface area contributed by atoms with Crippen molar-refractivity contribution in [2.24, 2.45) is 4.99 Å². The van der Waals surface area contributed by atoms with E-state index in [-0.39, 0.29) is 5.75 Å². The number of aryl methyl sites for hydroxylation is 1. The van der Waals surface area contributed by atoms with Crippen molar-refractivity contribution in [1.82, 2.24) is 9.55 Å². The number of unbranched alkanes of at least 4 members (excludes halogenated alkanes) is 1. The van der Waals surface area contributed by atoms with Gasteiger partial charge >= 0.3 is 0 Å².